The Morgan fingerprint density at radius 1 is 0.553 bits per heavy atom. The third-order valence-corrected chi connectivity index (χ3v) is 7.22. The Morgan fingerprint density at radius 3 is 1.82 bits per heavy atom. The molecular weight excluding hydrogens is 486 g/mol. The highest BCUT2D eigenvalue weighted by atomic mass is 35.5. The first-order chi connectivity index (χ1) is 20.8. The normalized spacial score (nSPS) is 14.9. The van der Waals surface area contributed by atoms with Gasteiger partial charge in [0.2, 0.25) is 5.28 Å². The summed E-state index contributed by atoms with van der Waals surface area (Å²) >= 11 is 6.39. The van der Waals surface area contributed by atoms with Crippen LogP contribution >= 0.6 is 11.6 Å². The van der Waals surface area contributed by atoms with Gasteiger partial charge in [-0.15, -0.1) is 0 Å². The Balaban J connectivity index is 1.50. The smallest absolute Gasteiger partial charge is 0.208 e. The van der Waals surface area contributed by atoms with Crippen LogP contribution in [0.2, 0.25) is 5.28 Å². The molecule has 0 amide bonds. The number of benzene rings is 5. The minimum absolute atomic E-state index is 0.0897. The molecule has 0 atom stereocenters. The first-order valence-corrected chi connectivity index (χ1v) is 12.5. The van der Waals surface area contributed by atoms with Gasteiger partial charge in [-0.1, -0.05) is 127 Å². The summed E-state index contributed by atoms with van der Waals surface area (Å²) in [5, 5.41) is -0.145. The maximum Gasteiger partial charge on any atom is 0.226 e. The molecule has 4 heteroatoms. The van der Waals surface area contributed by atoms with Crippen LogP contribution in [0.4, 0.5) is 0 Å². The number of halogens is 1. The van der Waals surface area contributed by atoms with E-state index in [0.29, 0.717) is 5.56 Å². The molecule has 0 saturated heterocycles. The van der Waals surface area contributed by atoms with Crippen molar-refractivity contribution < 1.29 is 6.85 Å². The fraction of sp³-hybridized carbons (Fsp3) is 0.0294. The molecule has 0 spiro atoms. The van der Waals surface area contributed by atoms with Crippen molar-refractivity contribution in [2.45, 2.75) is 5.41 Å². The molecule has 0 N–H and O–H groups in total. The summed E-state index contributed by atoms with van der Waals surface area (Å²) in [5.74, 6) is 0.142. The standard InChI is InChI=1S/C34H22ClN3/c35-33-37-31(23-12-4-1-5-13-23)36-32(38-33)24-20-21-28-27-18-10-11-19-29(27)34(30(28)22-24,25-14-6-2-7-15-25)26-16-8-3-9-17-26/h1-22H/i1D,4D,5D,12D,13D. The molecule has 1 aliphatic carbocycles. The Bertz CT molecular complexity index is 1980. The lowest BCUT2D eigenvalue weighted by Gasteiger charge is -2.34. The molecule has 180 valence electrons. The molecule has 1 aromatic heterocycles. The molecule has 6 aromatic rings. The summed E-state index contributed by atoms with van der Waals surface area (Å²) in [7, 11) is 0. The van der Waals surface area contributed by atoms with Crippen LogP contribution in [0.5, 0.6) is 0 Å². The summed E-state index contributed by atoms with van der Waals surface area (Å²) in [5.41, 5.74) is 6.53. The van der Waals surface area contributed by atoms with Gasteiger partial charge in [0.1, 0.15) is 0 Å². The molecule has 5 aromatic carbocycles. The molecule has 0 fully saturated rings. The predicted molar refractivity (Wildman–Crippen MR) is 153 cm³/mol. The maximum atomic E-state index is 8.42. The van der Waals surface area contributed by atoms with Crippen LogP contribution in [-0.2, 0) is 5.41 Å². The van der Waals surface area contributed by atoms with Gasteiger partial charge in [0, 0.05) is 11.1 Å². The number of aromatic nitrogens is 3. The van der Waals surface area contributed by atoms with Crippen molar-refractivity contribution in [1.29, 1.82) is 0 Å². The molecule has 0 aliphatic heterocycles. The van der Waals surface area contributed by atoms with E-state index in [0.717, 1.165) is 33.4 Å². The molecule has 3 nitrogen and oxygen atoms in total. The zero-order valence-corrected chi connectivity index (χ0v) is 20.8. The van der Waals surface area contributed by atoms with Crippen molar-refractivity contribution in [2.24, 2.45) is 0 Å². The Labute approximate surface area is 233 Å². The van der Waals surface area contributed by atoms with Gasteiger partial charge >= 0.3 is 0 Å². The van der Waals surface area contributed by atoms with Gasteiger partial charge in [-0.25, -0.2) is 4.98 Å². The van der Waals surface area contributed by atoms with Crippen LogP contribution in [0.15, 0.2) is 133 Å². The van der Waals surface area contributed by atoms with Crippen LogP contribution in [0.3, 0.4) is 0 Å². The first-order valence-electron chi connectivity index (χ1n) is 14.7. The lowest BCUT2D eigenvalue weighted by Crippen LogP contribution is -2.28. The van der Waals surface area contributed by atoms with E-state index >= 15 is 0 Å². The van der Waals surface area contributed by atoms with Crippen LogP contribution < -0.4 is 0 Å². The molecule has 38 heavy (non-hydrogen) atoms. The van der Waals surface area contributed by atoms with Gasteiger partial charge in [-0.05, 0) is 51.0 Å². The van der Waals surface area contributed by atoms with E-state index in [4.69, 9.17) is 18.5 Å². The highest BCUT2D eigenvalue weighted by Crippen LogP contribution is 2.56. The van der Waals surface area contributed by atoms with E-state index in [-0.39, 0.29) is 22.5 Å². The van der Waals surface area contributed by atoms with Crippen molar-refractivity contribution in [3.8, 4) is 33.9 Å². The second-order valence-corrected chi connectivity index (χ2v) is 9.38. The van der Waals surface area contributed by atoms with E-state index in [9.17, 15) is 0 Å². The quantitative estimate of drug-likeness (QED) is 0.238. The number of hydrogen-bond acceptors (Lipinski definition) is 3. The molecule has 1 aliphatic rings. The number of hydrogen-bond donors (Lipinski definition) is 0. The number of rotatable bonds is 4. The second kappa shape index (κ2) is 9.05. The molecule has 7 rings (SSSR count). The van der Waals surface area contributed by atoms with Crippen LogP contribution in [0, 0.1) is 0 Å². The van der Waals surface area contributed by atoms with Crippen LogP contribution in [0.25, 0.3) is 33.9 Å². The van der Waals surface area contributed by atoms with E-state index in [1.807, 2.05) is 48.5 Å². The zero-order chi connectivity index (χ0) is 29.9. The van der Waals surface area contributed by atoms with Crippen LogP contribution in [0.1, 0.15) is 29.1 Å². The van der Waals surface area contributed by atoms with Crippen molar-refractivity contribution in [3.05, 3.63) is 161 Å². The Hall–Kier alpha value is -4.60. The Morgan fingerprint density at radius 2 is 1.13 bits per heavy atom. The predicted octanol–water partition coefficient (Wildman–Crippen LogP) is 8.22. The van der Waals surface area contributed by atoms with Gasteiger partial charge in [-0.2, -0.15) is 9.97 Å². The summed E-state index contributed by atoms with van der Waals surface area (Å²) in [4.78, 5) is 13.2. The molecular formula is C34H22ClN3. The average molecular weight is 513 g/mol. The summed E-state index contributed by atoms with van der Waals surface area (Å²) in [6, 6.07) is 33.0. The fourth-order valence-electron chi connectivity index (χ4n) is 5.54. The zero-order valence-electron chi connectivity index (χ0n) is 25.0. The molecule has 0 saturated carbocycles. The van der Waals surface area contributed by atoms with Gasteiger partial charge in [-0.3, -0.25) is 0 Å². The topological polar surface area (TPSA) is 38.7 Å². The largest absolute Gasteiger partial charge is 0.226 e. The molecule has 1 heterocycles. The lowest BCUT2D eigenvalue weighted by molar-refractivity contribution is 0.768. The average Bonchev–Trinajstić information content (AvgIpc) is 3.34. The van der Waals surface area contributed by atoms with Crippen molar-refractivity contribution in [1.82, 2.24) is 15.0 Å². The third kappa shape index (κ3) is 3.47. The van der Waals surface area contributed by atoms with Crippen molar-refractivity contribution >= 4 is 11.6 Å². The monoisotopic (exact) mass is 512 g/mol. The van der Waals surface area contributed by atoms with Crippen molar-refractivity contribution in [3.63, 3.8) is 0 Å². The van der Waals surface area contributed by atoms with Gasteiger partial charge < -0.3 is 0 Å². The van der Waals surface area contributed by atoms with E-state index in [1.54, 1.807) is 0 Å². The molecule has 0 radical (unpaired) electrons. The maximum absolute atomic E-state index is 8.42. The Kier molecular flexibility index (Phi) is 4.24. The second-order valence-electron chi connectivity index (χ2n) is 9.04. The summed E-state index contributed by atoms with van der Waals surface area (Å²) in [6.07, 6.45) is 0. The van der Waals surface area contributed by atoms with E-state index in [2.05, 4.69) is 69.5 Å². The van der Waals surface area contributed by atoms with E-state index < -0.39 is 35.6 Å². The van der Waals surface area contributed by atoms with Gasteiger partial charge in [0.05, 0.1) is 12.3 Å². The summed E-state index contributed by atoms with van der Waals surface area (Å²) in [6.45, 7) is 0. The number of nitrogens with zero attached hydrogens (tertiary/aromatic N) is 3. The third-order valence-electron chi connectivity index (χ3n) is 7.05. The van der Waals surface area contributed by atoms with Gasteiger partial charge in [0.15, 0.2) is 11.6 Å². The highest BCUT2D eigenvalue weighted by Gasteiger charge is 2.46. The molecule has 0 bridgehead atoms. The summed E-state index contributed by atoms with van der Waals surface area (Å²) < 4.78 is 41.0. The number of fused-ring (bicyclic) bond motifs is 3. The van der Waals surface area contributed by atoms with Crippen molar-refractivity contribution in [2.75, 3.05) is 0 Å². The fourth-order valence-corrected chi connectivity index (χ4v) is 5.70. The molecule has 0 unspecified atom stereocenters. The SMILES string of the molecule is [2H]c1c([2H])c([2H])c(-c2nc(Cl)nc(-c3ccc4c(c3)C(c3ccccc3)(c3ccccc3)c3ccccc3-4)n2)c([2H])c1[2H]. The van der Waals surface area contributed by atoms with E-state index in [1.165, 1.54) is 0 Å². The van der Waals surface area contributed by atoms with Gasteiger partial charge in [0.25, 0.3) is 0 Å². The highest BCUT2D eigenvalue weighted by molar-refractivity contribution is 6.28. The first kappa shape index (κ1) is 17.8. The lowest BCUT2D eigenvalue weighted by atomic mass is 9.67. The van der Waals surface area contributed by atoms with Crippen LogP contribution in [-0.4, -0.2) is 15.0 Å². The minimum atomic E-state index is -0.628. The minimum Gasteiger partial charge on any atom is -0.208 e.